The fourth-order valence-corrected chi connectivity index (χ4v) is 1.95. The lowest BCUT2D eigenvalue weighted by Gasteiger charge is -2.20. The number of rotatable bonds is 5. The minimum Gasteiger partial charge on any atom is -0.480 e. The monoisotopic (exact) mass is 219 g/mol. The average molecular weight is 219 g/mol. The van der Waals surface area contributed by atoms with Gasteiger partial charge in [-0.15, -0.1) is 0 Å². The molecule has 0 aliphatic heterocycles. The van der Waals surface area contributed by atoms with Crippen molar-refractivity contribution < 1.29 is 9.90 Å². The van der Waals surface area contributed by atoms with Gasteiger partial charge in [0.2, 0.25) is 0 Å². The summed E-state index contributed by atoms with van der Waals surface area (Å²) in [4.78, 5) is 11.1. The summed E-state index contributed by atoms with van der Waals surface area (Å²) in [6.07, 6.45) is 2.07. The highest BCUT2D eigenvalue weighted by Gasteiger charge is 2.36. The first-order chi connectivity index (χ1) is 7.68. The van der Waals surface area contributed by atoms with E-state index in [1.54, 1.807) is 0 Å². The van der Waals surface area contributed by atoms with E-state index in [2.05, 4.69) is 5.32 Å². The molecule has 0 aromatic heterocycles. The lowest BCUT2D eigenvalue weighted by Crippen LogP contribution is -2.39. The van der Waals surface area contributed by atoms with Gasteiger partial charge in [0.05, 0.1) is 0 Å². The Hall–Kier alpha value is -1.35. The molecule has 1 fully saturated rings. The normalized spacial score (nSPS) is 19.1. The molecule has 0 amide bonds. The maximum absolute atomic E-state index is 11.1. The molecule has 1 aromatic carbocycles. The summed E-state index contributed by atoms with van der Waals surface area (Å²) in [6.45, 7) is 2.01. The Labute approximate surface area is 95.5 Å². The van der Waals surface area contributed by atoms with Crippen LogP contribution < -0.4 is 5.32 Å². The van der Waals surface area contributed by atoms with E-state index in [4.69, 9.17) is 5.11 Å². The van der Waals surface area contributed by atoms with Gasteiger partial charge in [-0.05, 0) is 31.2 Å². The highest BCUT2D eigenvalue weighted by molar-refractivity contribution is 5.74. The Bertz CT molecular complexity index is 359. The molecule has 86 valence electrons. The molecule has 1 aromatic rings. The Morgan fingerprint density at radius 1 is 1.38 bits per heavy atom. The van der Waals surface area contributed by atoms with Crippen LogP contribution in [0.25, 0.3) is 0 Å². The van der Waals surface area contributed by atoms with Gasteiger partial charge in [0.1, 0.15) is 6.04 Å². The smallest absolute Gasteiger partial charge is 0.320 e. The molecule has 16 heavy (non-hydrogen) atoms. The highest BCUT2D eigenvalue weighted by atomic mass is 16.4. The summed E-state index contributed by atoms with van der Waals surface area (Å²) in [6, 6.07) is 9.64. The molecule has 1 aliphatic carbocycles. The van der Waals surface area contributed by atoms with Crippen molar-refractivity contribution >= 4 is 5.97 Å². The van der Waals surface area contributed by atoms with Crippen molar-refractivity contribution in [2.24, 2.45) is 5.92 Å². The van der Waals surface area contributed by atoms with Crippen molar-refractivity contribution in [1.29, 1.82) is 0 Å². The number of benzene rings is 1. The number of nitrogens with one attached hydrogen (secondary N) is 1. The number of carboxylic acid groups (broad SMARTS) is 1. The first-order valence-electron chi connectivity index (χ1n) is 5.72. The van der Waals surface area contributed by atoms with E-state index in [1.807, 2.05) is 37.3 Å². The van der Waals surface area contributed by atoms with Crippen LogP contribution in [0, 0.1) is 5.92 Å². The quantitative estimate of drug-likeness (QED) is 0.798. The Morgan fingerprint density at radius 2 is 2.00 bits per heavy atom. The van der Waals surface area contributed by atoms with Crippen LogP contribution in [0.1, 0.15) is 31.4 Å². The predicted molar refractivity (Wildman–Crippen MR) is 62.1 cm³/mol. The molecule has 2 atom stereocenters. The van der Waals surface area contributed by atoms with E-state index in [1.165, 1.54) is 0 Å². The molecular formula is C13H17NO2. The van der Waals surface area contributed by atoms with Crippen molar-refractivity contribution in [1.82, 2.24) is 5.32 Å². The number of carbonyl (C=O) groups is 1. The minimum atomic E-state index is -0.731. The molecule has 2 rings (SSSR count). The lowest BCUT2D eigenvalue weighted by molar-refractivity contribution is -0.140. The average Bonchev–Trinajstić information content (AvgIpc) is 3.10. The van der Waals surface area contributed by atoms with Gasteiger partial charge < -0.3 is 5.11 Å². The lowest BCUT2D eigenvalue weighted by atomic mass is 10.1. The van der Waals surface area contributed by atoms with Crippen molar-refractivity contribution in [3.05, 3.63) is 35.9 Å². The van der Waals surface area contributed by atoms with E-state index in [0.29, 0.717) is 5.92 Å². The Balaban J connectivity index is 2.00. The molecule has 0 saturated heterocycles. The third-order valence-corrected chi connectivity index (χ3v) is 3.09. The second kappa shape index (κ2) is 4.66. The van der Waals surface area contributed by atoms with Gasteiger partial charge in [0, 0.05) is 6.04 Å². The van der Waals surface area contributed by atoms with Crippen molar-refractivity contribution in [2.45, 2.75) is 31.8 Å². The second-order valence-corrected chi connectivity index (χ2v) is 4.45. The first kappa shape index (κ1) is 11.1. The van der Waals surface area contributed by atoms with Gasteiger partial charge in [0.25, 0.3) is 0 Å². The maximum atomic E-state index is 11.1. The number of carboxylic acids is 1. The van der Waals surface area contributed by atoms with Crippen LogP contribution in [0.2, 0.25) is 0 Å². The number of hydrogen-bond acceptors (Lipinski definition) is 2. The molecule has 1 saturated carbocycles. The molecule has 3 heteroatoms. The fourth-order valence-electron chi connectivity index (χ4n) is 1.95. The topological polar surface area (TPSA) is 49.3 Å². The zero-order valence-electron chi connectivity index (χ0n) is 9.39. The zero-order valence-corrected chi connectivity index (χ0v) is 9.39. The van der Waals surface area contributed by atoms with E-state index < -0.39 is 12.0 Å². The van der Waals surface area contributed by atoms with Gasteiger partial charge in [-0.3, -0.25) is 10.1 Å². The second-order valence-electron chi connectivity index (χ2n) is 4.45. The SMILES string of the molecule is C[C@H](NC(C(=O)O)C1CC1)c1ccccc1. The standard InChI is InChI=1S/C13H17NO2/c1-9(10-5-3-2-4-6-10)14-12(13(15)16)11-7-8-11/h2-6,9,11-12,14H,7-8H2,1H3,(H,15,16)/t9-,12?/m0/s1. The molecule has 0 heterocycles. The van der Waals surface area contributed by atoms with Crippen molar-refractivity contribution in [2.75, 3.05) is 0 Å². The van der Waals surface area contributed by atoms with Gasteiger partial charge in [0.15, 0.2) is 0 Å². The molecule has 3 nitrogen and oxygen atoms in total. The van der Waals surface area contributed by atoms with Crippen LogP contribution in [0.15, 0.2) is 30.3 Å². The highest BCUT2D eigenvalue weighted by Crippen LogP contribution is 2.33. The predicted octanol–water partition coefficient (Wildman–Crippen LogP) is 2.20. The molecule has 1 unspecified atom stereocenters. The van der Waals surface area contributed by atoms with E-state index in [9.17, 15) is 4.79 Å². The van der Waals surface area contributed by atoms with Crippen LogP contribution in [-0.2, 0) is 4.79 Å². The number of aliphatic carboxylic acids is 1. The maximum Gasteiger partial charge on any atom is 0.320 e. The molecule has 0 bridgehead atoms. The summed E-state index contributed by atoms with van der Waals surface area (Å²) in [5.41, 5.74) is 1.13. The third kappa shape index (κ3) is 2.61. The van der Waals surface area contributed by atoms with Crippen molar-refractivity contribution in [3.8, 4) is 0 Å². The van der Waals surface area contributed by atoms with Gasteiger partial charge in [-0.1, -0.05) is 30.3 Å². The molecule has 0 spiro atoms. The summed E-state index contributed by atoms with van der Waals surface area (Å²) < 4.78 is 0. The summed E-state index contributed by atoms with van der Waals surface area (Å²) in [5, 5.41) is 12.3. The van der Waals surface area contributed by atoms with Crippen molar-refractivity contribution in [3.63, 3.8) is 0 Å². The molecular weight excluding hydrogens is 202 g/mol. The van der Waals surface area contributed by atoms with Crippen LogP contribution >= 0.6 is 0 Å². The first-order valence-corrected chi connectivity index (χ1v) is 5.72. The van der Waals surface area contributed by atoms with Crippen LogP contribution in [0.4, 0.5) is 0 Å². The summed E-state index contributed by atoms with van der Waals surface area (Å²) >= 11 is 0. The molecule has 1 aliphatic rings. The van der Waals surface area contributed by atoms with Crippen LogP contribution in [0.5, 0.6) is 0 Å². The van der Waals surface area contributed by atoms with Gasteiger partial charge in [-0.2, -0.15) is 0 Å². The van der Waals surface area contributed by atoms with Gasteiger partial charge >= 0.3 is 5.97 Å². The Kier molecular flexibility index (Phi) is 3.25. The van der Waals surface area contributed by atoms with E-state index >= 15 is 0 Å². The molecule has 2 N–H and O–H groups in total. The van der Waals surface area contributed by atoms with E-state index in [0.717, 1.165) is 18.4 Å². The number of hydrogen-bond donors (Lipinski definition) is 2. The molecule has 0 radical (unpaired) electrons. The third-order valence-electron chi connectivity index (χ3n) is 3.09. The Morgan fingerprint density at radius 3 is 2.50 bits per heavy atom. The zero-order chi connectivity index (χ0) is 11.5. The van der Waals surface area contributed by atoms with Crippen LogP contribution in [-0.4, -0.2) is 17.1 Å². The summed E-state index contributed by atoms with van der Waals surface area (Å²) in [7, 11) is 0. The summed E-state index contributed by atoms with van der Waals surface area (Å²) in [5.74, 6) is -0.408. The largest absolute Gasteiger partial charge is 0.480 e. The van der Waals surface area contributed by atoms with Crippen LogP contribution in [0.3, 0.4) is 0 Å². The minimum absolute atomic E-state index is 0.0860. The van der Waals surface area contributed by atoms with Gasteiger partial charge in [-0.25, -0.2) is 0 Å². The van der Waals surface area contributed by atoms with E-state index in [-0.39, 0.29) is 6.04 Å². The fraction of sp³-hybridized carbons (Fsp3) is 0.462.